The molecule has 0 fully saturated rings. The third-order valence-corrected chi connectivity index (χ3v) is 3.51. The zero-order valence-corrected chi connectivity index (χ0v) is 12.4. The van der Waals surface area contributed by atoms with E-state index in [-0.39, 0.29) is 25.7 Å². The average molecular weight is 319 g/mol. The van der Waals surface area contributed by atoms with Gasteiger partial charge in [0.25, 0.3) is 5.69 Å². The fourth-order valence-corrected chi connectivity index (χ4v) is 2.45. The van der Waals surface area contributed by atoms with Gasteiger partial charge in [-0.3, -0.25) is 10.1 Å². The van der Waals surface area contributed by atoms with Crippen molar-refractivity contribution in [2.24, 2.45) is 0 Å². The van der Waals surface area contributed by atoms with Gasteiger partial charge in [0.2, 0.25) is 0 Å². The lowest BCUT2D eigenvalue weighted by atomic mass is 10.1. The van der Waals surface area contributed by atoms with Crippen molar-refractivity contribution < 1.29 is 23.5 Å². The molecule has 1 aliphatic heterocycles. The molecule has 6 nitrogen and oxygen atoms in total. The lowest BCUT2D eigenvalue weighted by Gasteiger charge is -2.21. The van der Waals surface area contributed by atoms with Crippen LogP contribution >= 0.6 is 0 Å². The Kier molecular flexibility index (Phi) is 4.12. The number of nitro benzene ring substituents is 1. The van der Waals surface area contributed by atoms with Gasteiger partial charge < -0.3 is 14.2 Å². The van der Waals surface area contributed by atoms with Gasteiger partial charge in [0.15, 0.2) is 6.79 Å². The molecule has 2 aromatic rings. The molecule has 1 aliphatic rings. The molecule has 0 aromatic heterocycles. The summed E-state index contributed by atoms with van der Waals surface area (Å²) < 4.78 is 29.8. The number of benzene rings is 2. The SMILES string of the molecule is Cc1cc(OCc2cc(F)cc3c2OCOC3)ccc1[N+](=O)[O-]. The van der Waals surface area contributed by atoms with Gasteiger partial charge in [-0.05, 0) is 31.2 Å². The summed E-state index contributed by atoms with van der Waals surface area (Å²) >= 11 is 0. The molecule has 0 saturated carbocycles. The maximum absolute atomic E-state index is 13.6. The number of nitro groups is 1. The van der Waals surface area contributed by atoms with Crippen LogP contribution in [0, 0.1) is 22.9 Å². The summed E-state index contributed by atoms with van der Waals surface area (Å²) in [5.74, 6) is 0.644. The van der Waals surface area contributed by atoms with Crippen molar-refractivity contribution in [1.29, 1.82) is 0 Å². The molecule has 0 amide bonds. The largest absolute Gasteiger partial charge is 0.489 e. The van der Waals surface area contributed by atoms with Gasteiger partial charge in [-0.25, -0.2) is 4.39 Å². The monoisotopic (exact) mass is 319 g/mol. The Bertz CT molecular complexity index is 762. The van der Waals surface area contributed by atoms with Crippen molar-refractivity contribution in [1.82, 2.24) is 0 Å². The average Bonchev–Trinajstić information content (AvgIpc) is 2.52. The lowest BCUT2D eigenvalue weighted by Crippen LogP contribution is -2.14. The van der Waals surface area contributed by atoms with Crippen LogP contribution in [-0.2, 0) is 18.0 Å². The van der Waals surface area contributed by atoms with Gasteiger partial charge in [0, 0.05) is 22.8 Å². The van der Waals surface area contributed by atoms with E-state index in [9.17, 15) is 14.5 Å². The Balaban J connectivity index is 1.80. The minimum absolute atomic E-state index is 0.0287. The number of aryl methyl sites for hydroxylation is 1. The Hall–Kier alpha value is -2.67. The fourth-order valence-electron chi connectivity index (χ4n) is 2.45. The highest BCUT2D eigenvalue weighted by molar-refractivity contribution is 5.45. The van der Waals surface area contributed by atoms with E-state index in [1.807, 2.05) is 0 Å². The summed E-state index contributed by atoms with van der Waals surface area (Å²) in [6, 6.07) is 7.20. The van der Waals surface area contributed by atoms with Crippen LogP contribution in [0.2, 0.25) is 0 Å². The maximum atomic E-state index is 13.6. The van der Waals surface area contributed by atoms with E-state index in [2.05, 4.69) is 0 Å². The summed E-state index contributed by atoms with van der Waals surface area (Å²) in [4.78, 5) is 10.4. The number of ether oxygens (including phenoxy) is 3. The van der Waals surface area contributed by atoms with E-state index >= 15 is 0 Å². The first-order valence-electron chi connectivity index (χ1n) is 6.94. The fraction of sp³-hybridized carbons (Fsp3) is 0.250. The van der Waals surface area contributed by atoms with E-state index in [1.54, 1.807) is 13.0 Å². The first-order valence-corrected chi connectivity index (χ1v) is 6.94. The van der Waals surface area contributed by atoms with Crippen LogP contribution in [0.3, 0.4) is 0 Å². The molecule has 0 atom stereocenters. The highest BCUT2D eigenvalue weighted by atomic mass is 19.1. The molecule has 0 bridgehead atoms. The quantitative estimate of drug-likeness (QED) is 0.637. The Morgan fingerprint density at radius 3 is 2.91 bits per heavy atom. The van der Waals surface area contributed by atoms with Gasteiger partial charge >= 0.3 is 0 Å². The van der Waals surface area contributed by atoms with Crippen LogP contribution in [0.5, 0.6) is 11.5 Å². The second-order valence-electron chi connectivity index (χ2n) is 5.16. The van der Waals surface area contributed by atoms with Crippen LogP contribution in [0.4, 0.5) is 10.1 Å². The Labute approximate surface area is 131 Å². The van der Waals surface area contributed by atoms with Gasteiger partial charge in [0.1, 0.15) is 23.9 Å². The standard InChI is InChI=1S/C16H14FNO5/c1-10-4-14(2-3-15(10)18(19)20)22-8-12-6-13(17)5-11-7-21-9-23-16(11)12/h2-6H,7-9H2,1H3. The minimum atomic E-state index is -0.449. The van der Waals surface area contributed by atoms with Crippen LogP contribution in [0.25, 0.3) is 0 Å². The van der Waals surface area contributed by atoms with Gasteiger partial charge in [0.05, 0.1) is 11.5 Å². The first-order chi connectivity index (χ1) is 11.0. The molecule has 2 aromatic carbocycles. The highest BCUT2D eigenvalue weighted by Crippen LogP contribution is 2.31. The molecule has 7 heteroatoms. The molecular weight excluding hydrogens is 305 g/mol. The summed E-state index contributed by atoms with van der Waals surface area (Å²) in [6.45, 7) is 2.13. The number of hydrogen-bond donors (Lipinski definition) is 0. The second kappa shape index (κ2) is 6.21. The summed E-state index contributed by atoms with van der Waals surface area (Å²) in [7, 11) is 0. The van der Waals surface area contributed by atoms with E-state index in [0.29, 0.717) is 28.2 Å². The normalized spacial score (nSPS) is 13.1. The molecule has 0 N–H and O–H groups in total. The van der Waals surface area contributed by atoms with Crippen molar-refractivity contribution in [3.63, 3.8) is 0 Å². The third kappa shape index (κ3) is 3.24. The lowest BCUT2D eigenvalue weighted by molar-refractivity contribution is -0.385. The molecule has 0 spiro atoms. The van der Waals surface area contributed by atoms with Crippen molar-refractivity contribution >= 4 is 5.69 Å². The number of halogens is 1. The van der Waals surface area contributed by atoms with Crippen LogP contribution < -0.4 is 9.47 Å². The molecule has 3 rings (SSSR count). The van der Waals surface area contributed by atoms with Crippen molar-refractivity contribution in [2.45, 2.75) is 20.1 Å². The number of nitrogens with zero attached hydrogens (tertiary/aromatic N) is 1. The van der Waals surface area contributed by atoms with E-state index < -0.39 is 10.7 Å². The van der Waals surface area contributed by atoms with Gasteiger partial charge in [-0.1, -0.05) is 0 Å². The maximum Gasteiger partial charge on any atom is 0.272 e. The first kappa shape index (κ1) is 15.2. The molecule has 0 saturated heterocycles. The van der Waals surface area contributed by atoms with Gasteiger partial charge in [-0.2, -0.15) is 0 Å². The Morgan fingerprint density at radius 1 is 1.35 bits per heavy atom. The molecular formula is C16H14FNO5. The van der Waals surface area contributed by atoms with E-state index in [4.69, 9.17) is 14.2 Å². The van der Waals surface area contributed by atoms with Gasteiger partial charge in [-0.15, -0.1) is 0 Å². The number of rotatable bonds is 4. The topological polar surface area (TPSA) is 70.8 Å². The molecule has 0 unspecified atom stereocenters. The smallest absolute Gasteiger partial charge is 0.272 e. The molecule has 120 valence electrons. The second-order valence-corrected chi connectivity index (χ2v) is 5.16. The molecule has 0 aliphatic carbocycles. The Morgan fingerprint density at radius 2 is 2.17 bits per heavy atom. The summed E-state index contributed by atoms with van der Waals surface area (Å²) in [6.07, 6.45) is 0. The predicted octanol–water partition coefficient (Wildman–Crippen LogP) is 3.49. The number of hydrogen-bond acceptors (Lipinski definition) is 5. The highest BCUT2D eigenvalue weighted by Gasteiger charge is 2.18. The van der Waals surface area contributed by atoms with E-state index in [1.165, 1.54) is 24.3 Å². The van der Waals surface area contributed by atoms with Crippen molar-refractivity contribution in [3.05, 3.63) is 63.0 Å². The molecule has 0 radical (unpaired) electrons. The predicted molar refractivity (Wildman–Crippen MR) is 78.8 cm³/mol. The van der Waals surface area contributed by atoms with Crippen molar-refractivity contribution in [3.8, 4) is 11.5 Å². The summed E-state index contributed by atoms with van der Waals surface area (Å²) in [5.41, 5.74) is 1.73. The van der Waals surface area contributed by atoms with Crippen LogP contribution in [0.15, 0.2) is 30.3 Å². The summed E-state index contributed by atoms with van der Waals surface area (Å²) in [5, 5.41) is 10.8. The van der Waals surface area contributed by atoms with Crippen LogP contribution in [0.1, 0.15) is 16.7 Å². The molecule has 1 heterocycles. The zero-order chi connectivity index (χ0) is 16.4. The van der Waals surface area contributed by atoms with Crippen molar-refractivity contribution in [2.75, 3.05) is 6.79 Å². The van der Waals surface area contributed by atoms with E-state index in [0.717, 1.165) is 0 Å². The minimum Gasteiger partial charge on any atom is -0.489 e. The molecule has 23 heavy (non-hydrogen) atoms. The number of fused-ring (bicyclic) bond motifs is 1. The van der Waals surface area contributed by atoms with Crippen LogP contribution in [-0.4, -0.2) is 11.7 Å². The third-order valence-electron chi connectivity index (χ3n) is 3.51. The zero-order valence-electron chi connectivity index (χ0n) is 12.4.